The van der Waals surface area contributed by atoms with Gasteiger partial charge in [-0.25, -0.2) is 14.8 Å². The van der Waals surface area contributed by atoms with E-state index in [0.29, 0.717) is 17.5 Å². The zero-order chi connectivity index (χ0) is 18.8. The second-order valence-electron chi connectivity index (χ2n) is 6.01. The molecule has 1 amide bonds. The van der Waals surface area contributed by atoms with E-state index in [9.17, 15) is 14.4 Å². The molecule has 3 aromatic heterocycles. The van der Waals surface area contributed by atoms with Crippen LogP contribution in [-0.4, -0.2) is 31.6 Å². The number of nitrogens with zero attached hydrogens (tertiary/aromatic N) is 4. The summed E-state index contributed by atoms with van der Waals surface area (Å²) in [6.45, 7) is 2.22. The molecule has 9 heteroatoms. The number of fused-ring (bicyclic) bond motifs is 1. The Hall–Kier alpha value is -2.81. The van der Waals surface area contributed by atoms with Crippen LogP contribution in [0.25, 0.3) is 11.0 Å². The fourth-order valence-electron chi connectivity index (χ4n) is 2.76. The maximum atomic E-state index is 12.4. The van der Waals surface area contributed by atoms with Crippen LogP contribution in [0.3, 0.4) is 0 Å². The molecule has 0 fully saturated rings. The number of hydrogen-bond donors (Lipinski definition) is 1. The molecule has 0 aromatic carbocycles. The number of aryl methyl sites for hydroxylation is 3. The van der Waals surface area contributed by atoms with Gasteiger partial charge < -0.3 is 5.32 Å². The predicted molar refractivity (Wildman–Crippen MR) is 99.7 cm³/mol. The highest BCUT2D eigenvalue weighted by molar-refractivity contribution is 7.09. The van der Waals surface area contributed by atoms with Crippen molar-refractivity contribution in [2.45, 2.75) is 19.8 Å². The normalized spacial score (nSPS) is 11.0. The quantitative estimate of drug-likeness (QED) is 0.666. The zero-order valence-corrected chi connectivity index (χ0v) is 15.6. The minimum absolute atomic E-state index is 0.188. The fraction of sp³-hybridized carbons (Fsp3) is 0.353. The molecule has 3 aromatic rings. The highest BCUT2D eigenvalue weighted by atomic mass is 32.1. The fourth-order valence-corrected chi connectivity index (χ4v) is 3.42. The largest absolute Gasteiger partial charge is 0.351 e. The highest BCUT2D eigenvalue weighted by Crippen LogP contribution is 2.12. The van der Waals surface area contributed by atoms with Gasteiger partial charge in [0.05, 0.1) is 10.4 Å². The molecule has 8 nitrogen and oxygen atoms in total. The lowest BCUT2D eigenvalue weighted by atomic mass is 10.1. The van der Waals surface area contributed by atoms with Crippen LogP contribution in [0.5, 0.6) is 0 Å². The number of carbonyl (C=O) groups is 1. The Bertz CT molecular complexity index is 1080. The number of pyridine rings is 1. The molecule has 0 aliphatic heterocycles. The Balaban J connectivity index is 1.83. The van der Waals surface area contributed by atoms with Gasteiger partial charge >= 0.3 is 5.69 Å². The van der Waals surface area contributed by atoms with Crippen LogP contribution in [-0.2, 0) is 20.5 Å². The summed E-state index contributed by atoms with van der Waals surface area (Å²) in [6.07, 6.45) is 3.33. The van der Waals surface area contributed by atoms with E-state index in [1.165, 1.54) is 18.7 Å². The first-order valence-electron chi connectivity index (χ1n) is 8.14. The number of carbonyl (C=O) groups excluding carboxylic acids is 1. The molecule has 136 valence electrons. The van der Waals surface area contributed by atoms with E-state index in [1.807, 2.05) is 5.38 Å². The number of amides is 1. The van der Waals surface area contributed by atoms with Crippen molar-refractivity contribution in [1.82, 2.24) is 24.4 Å². The Morgan fingerprint density at radius 2 is 2.04 bits per heavy atom. The molecular weight excluding hydrogens is 354 g/mol. The van der Waals surface area contributed by atoms with Crippen LogP contribution in [0.2, 0.25) is 0 Å². The first-order chi connectivity index (χ1) is 12.4. The maximum Gasteiger partial charge on any atom is 0.332 e. The van der Waals surface area contributed by atoms with Crippen molar-refractivity contribution in [2.24, 2.45) is 14.1 Å². The average molecular weight is 373 g/mol. The average Bonchev–Trinajstić information content (AvgIpc) is 3.14. The lowest BCUT2D eigenvalue weighted by Gasteiger charge is -2.11. The summed E-state index contributed by atoms with van der Waals surface area (Å²) in [5, 5.41) is 6.11. The van der Waals surface area contributed by atoms with Gasteiger partial charge in [0, 0.05) is 38.6 Å². The third-order valence-corrected chi connectivity index (χ3v) is 5.02. The molecule has 3 heterocycles. The Labute approximate surface area is 153 Å². The van der Waals surface area contributed by atoms with Gasteiger partial charge in [-0.15, -0.1) is 11.3 Å². The van der Waals surface area contributed by atoms with Crippen molar-refractivity contribution in [3.63, 3.8) is 0 Å². The first kappa shape index (κ1) is 18.0. The van der Waals surface area contributed by atoms with Gasteiger partial charge in [0.1, 0.15) is 11.3 Å². The highest BCUT2D eigenvalue weighted by Gasteiger charge is 2.16. The molecular formula is C17H19N5O3S. The summed E-state index contributed by atoms with van der Waals surface area (Å²) in [4.78, 5) is 45.3. The molecule has 0 unspecified atom stereocenters. The monoisotopic (exact) mass is 373 g/mol. The van der Waals surface area contributed by atoms with Crippen molar-refractivity contribution in [2.75, 3.05) is 6.54 Å². The molecule has 0 saturated heterocycles. The second kappa shape index (κ2) is 7.20. The van der Waals surface area contributed by atoms with Crippen molar-refractivity contribution >= 4 is 28.3 Å². The van der Waals surface area contributed by atoms with Gasteiger partial charge in [-0.2, -0.15) is 0 Å². The van der Waals surface area contributed by atoms with Gasteiger partial charge in [-0.3, -0.25) is 18.7 Å². The van der Waals surface area contributed by atoms with E-state index in [-0.39, 0.29) is 17.2 Å². The molecule has 1 N–H and O–H groups in total. The lowest BCUT2D eigenvalue weighted by molar-refractivity contribution is 0.0948. The van der Waals surface area contributed by atoms with Gasteiger partial charge in [0.2, 0.25) is 0 Å². The van der Waals surface area contributed by atoms with E-state index in [0.717, 1.165) is 22.4 Å². The predicted octanol–water partition coefficient (Wildman–Crippen LogP) is 0.760. The molecule has 0 saturated carbocycles. The van der Waals surface area contributed by atoms with Crippen molar-refractivity contribution in [3.8, 4) is 0 Å². The van der Waals surface area contributed by atoms with Gasteiger partial charge in [-0.05, 0) is 25.0 Å². The van der Waals surface area contributed by atoms with Crippen molar-refractivity contribution in [1.29, 1.82) is 0 Å². The van der Waals surface area contributed by atoms with E-state index in [4.69, 9.17) is 0 Å². The number of aromatic nitrogens is 4. The topological polar surface area (TPSA) is 98.9 Å². The molecule has 0 atom stereocenters. The Kier molecular flexibility index (Phi) is 4.99. The third kappa shape index (κ3) is 3.30. The van der Waals surface area contributed by atoms with Crippen molar-refractivity contribution < 1.29 is 4.79 Å². The lowest BCUT2D eigenvalue weighted by Crippen LogP contribution is -2.38. The van der Waals surface area contributed by atoms with Gasteiger partial charge in [0.25, 0.3) is 11.5 Å². The third-order valence-electron chi connectivity index (χ3n) is 4.18. The number of thiazole rings is 1. The van der Waals surface area contributed by atoms with Crippen LogP contribution < -0.4 is 16.6 Å². The SMILES string of the molecule is Cc1cc(C(=O)NCCCc2nccs2)nc2c1c(=O)n(C)c(=O)n2C. The number of hydrogen-bond acceptors (Lipinski definition) is 6. The molecule has 26 heavy (non-hydrogen) atoms. The smallest absolute Gasteiger partial charge is 0.332 e. The van der Waals surface area contributed by atoms with Crippen LogP contribution >= 0.6 is 11.3 Å². The van der Waals surface area contributed by atoms with E-state index < -0.39 is 11.2 Å². The molecule has 0 aliphatic carbocycles. The zero-order valence-electron chi connectivity index (χ0n) is 14.8. The minimum Gasteiger partial charge on any atom is -0.351 e. The number of rotatable bonds is 5. The van der Waals surface area contributed by atoms with Gasteiger partial charge in [-0.1, -0.05) is 0 Å². The molecule has 0 spiro atoms. The maximum absolute atomic E-state index is 12.4. The first-order valence-corrected chi connectivity index (χ1v) is 9.02. The molecule has 3 rings (SSSR count). The summed E-state index contributed by atoms with van der Waals surface area (Å²) >= 11 is 1.59. The van der Waals surface area contributed by atoms with Gasteiger partial charge in [0.15, 0.2) is 0 Å². The summed E-state index contributed by atoms with van der Waals surface area (Å²) in [7, 11) is 2.96. The number of nitrogens with one attached hydrogen (secondary N) is 1. The summed E-state index contributed by atoms with van der Waals surface area (Å²) in [5.41, 5.74) is 0.122. The van der Waals surface area contributed by atoms with Crippen LogP contribution in [0.15, 0.2) is 27.2 Å². The Morgan fingerprint density at radius 3 is 2.73 bits per heavy atom. The second-order valence-corrected chi connectivity index (χ2v) is 6.99. The van der Waals surface area contributed by atoms with E-state index in [2.05, 4.69) is 15.3 Å². The summed E-state index contributed by atoms with van der Waals surface area (Å²) < 4.78 is 2.32. The minimum atomic E-state index is -0.476. The van der Waals surface area contributed by atoms with Crippen LogP contribution in [0.4, 0.5) is 0 Å². The summed E-state index contributed by atoms with van der Waals surface area (Å²) in [5.74, 6) is -0.331. The van der Waals surface area contributed by atoms with Crippen molar-refractivity contribution in [3.05, 3.63) is 54.7 Å². The van der Waals surface area contributed by atoms with E-state index >= 15 is 0 Å². The molecule has 0 aliphatic rings. The standard InChI is InChI=1S/C17H19N5O3S/c1-10-9-11(15(23)19-6-4-5-12-18-7-8-26-12)20-14-13(10)16(24)22(3)17(25)21(14)2/h7-9H,4-6H2,1-3H3,(H,19,23). The van der Waals surface area contributed by atoms with E-state index in [1.54, 1.807) is 30.5 Å². The molecule has 0 radical (unpaired) electrons. The van der Waals surface area contributed by atoms with Crippen LogP contribution in [0, 0.1) is 6.92 Å². The Morgan fingerprint density at radius 1 is 1.27 bits per heavy atom. The molecule has 0 bridgehead atoms. The summed E-state index contributed by atoms with van der Waals surface area (Å²) in [6, 6.07) is 1.57. The van der Waals surface area contributed by atoms with Crippen LogP contribution in [0.1, 0.15) is 27.5 Å².